The van der Waals surface area contributed by atoms with Gasteiger partial charge in [-0.05, 0) is 17.8 Å². The maximum atomic E-state index is 11.4. The molecule has 0 unspecified atom stereocenters. The molecule has 0 aromatic heterocycles. The number of hydrogen-bond acceptors (Lipinski definition) is 2. The van der Waals surface area contributed by atoms with Gasteiger partial charge >= 0.3 is 0 Å². The van der Waals surface area contributed by atoms with Gasteiger partial charge in [0.2, 0.25) is 0 Å². The highest BCUT2D eigenvalue weighted by molar-refractivity contribution is 5.80. The van der Waals surface area contributed by atoms with Gasteiger partial charge in [0.1, 0.15) is 5.78 Å². The third-order valence-corrected chi connectivity index (χ3v) is 1.98. The van der Waals surface area contributed by atoms with Crippen molar-refractivity contribution < 1.29 is 4.79 Å². The molecule has 0 atom stereocenters. The molecule has 0 radical (unpaired) electrons. The molecule has 0 fully saturated rings. The van der Waals surface area contributed by atoms with Crippen molar-refractivity contribution in [3.05, 3.63) is 0 Å². The Morgan fingerprint density at radius 2 is 1.86 bits per heavy atom. The predicted octanol–water partition coefficient (Wildman–Crippen LogP) is 2.63. The molecule has 1 N–H and O–H groups in total. The Balaban J connectivity index is 3.46. The van der Waals surface area contributed by atoms with E-state index in [0.29, 0.717) is 18.2 Å². The van der Waals surface area contributed by atoms with Crippen molar-refractivity contribution in [1.82, 2.24) is 5.32 Å². The first-order chi connectivity index (χ1) is 6.31. The van der Waals surface area contributed by atoms with Crippen LogP contribution in [0.1, 0.15) is 47.5 Å². The predicted molar refractivity (Wildman–Crippen MR) is 61.4 cm³/mol. The highest BCUT2D eigenvalue weighted by atomic mass is 16.1. The molecule has 2 nitrogen and oxygen atoms in total. The number of carbonyl (C=O) groups excluding carboxylic acids is 1. The van der Waals surface area contributed by atoms with Crippen LogP contribution in [0.5, 0.6) is 0 Å². The number of Topliss-reactive ketones (excluding diaryl/α,β-unsaturated/α-hetero) is 1. The first-order valence-corrected chi connectivity index (χ1v) is 5.53. The SMILES string of the molecule is CC(C)CCC(=O)CNCC(C)(C)C. The molecule has 0 aliphatic heterocycles. The molecule has 0 bridgehead atoms. The van der Waals surface area contributed by atoms with E-state index in [9.17, 15) is 4.79 Å². The Morgan fingerprint density at radius 3 is 2.29 bits per heavy atom. The summed E-state index contributed by atoms with van der Waals surface area (Å²) in [5.41, 5.74) is 0.262. The minimum Gasteiger partial charge on any atom is -0.309 e. The van der Waals surface area contributed by atoms with Crippen LogP contribution in [0.15, 0.2) is 0 Å². The fourth-order valence-electron chi connectivity index (χ4n) is 1.11. The summed E-state index contributed by atoms with van der Waals surface area (Å²) in [6, 6.07) is 0. The summed E-state index contributed by atoms with van der Waals surface area (Å²) in [5, 5.41) is 3.20. The first kappa shape index (κ1) is 13.6. The van der Waals surface area contributed by atoms with Gasteiger partial charge in [0, 0.05) is 13.0 Å². The van der Waals surface area contributed by atoms with Crippen molar-refractivity contribution in [2.45, 2.75) is 47.5 Å². The number of nitrogens with one attached hydrogen (secondary N) is 1. The molecule has 0 saturated heterocycles. The Kier molecular flexibility index (Phi) is 6.01. The third kappa shape index (κ3) is 9.72. The molecule has 84 valence electrons. The van der Waals surface area contributed by atoms with E-state index in [1.807, 2.05) is 0 Å². The van der Waals surface area contributed by atoms with Crippen molar-refractivity contribution in [2.24, 2.45) is 11.3 Å². The van der Waals surface area contributed by atoms with Crippen LogP contribution < -0.4 is 5.32 Å². The molecule has 0 aromatic carbocycles. The average molecular weight is 199 g/mol. The Labute approximate surface area is 88.5 Å². The molecule has 14 heavy (non-hydrogen) atoms. The topological polar surface area (TPSA) is 29.1 Å². The van der Waals surface area contributed by atoms with E-state index < -0.39 is 0 Å². The molecule has 2 heteroatoms. The summed E-state index contributed by atoms with van der Waals surface area (Å²) < 4.78 is 0. The first-order valence-electron chi connectivity index (χ1n) is 5.53. The van der Waals surface area contributed by atoms with Gasteiger partial charge in [0.05, 0.1) is 6.54 Å². The van der Waals surface area contributed by atoms with Gasteiger partial charge in [-0.3, -0.25) is 4.79 Å². The smallest absolute Gasteiger partial charge is 0.146 e. The van der Waals surface area contributed by atoms with E-state index in [1.54, 1.807) is 0 Å². The number of rotatable bonds is 6. The standard InChI is InChI=1S/C12H25NO/c1-10(2)6-7-11(14)8-13-9-12(3,4)5/h10,13H,6-9H2,1-5H3. The van der Waals surface area contributed by atoms with E-state index in [1.165, 1.54) is 0 Å². The lowest BCUT2D eigenvalue weighted by atomic mass is 9.97. The number of carbonyl (C=O) groups is 1. The fraction of sp³-hybridized carbons (Fsp3) is 0.917. The minimum atomic E-state index is 0.262. The molecule has 0 aliphatic rings. The van der Waals surface area contributed by atoms with Crippen LogP contribution >= 0.6 is 0 Å². The van der Waals surface area contributed by atoms with Crippen LogP contribution in [0, 0.1) is 11.3 Å². The van der Waals surface area contributed by atoms with Gasteiger partial charge in [-0.2, -0.15) is 0 Å². The van der Waals surface area contributed by atoms with E-state index in [4.69, 9.17) is 0 Å². The summed E-state index contributed by atoms with van der Waals surface area (Å²) in [6.07, 6.45) is 1.73. The Bertz CT molecular complexity index is 168. The molecule has 0 heterocycles. The zero-order chi connectivity index (χ0) is 11.2. The number of hydrogen-bond donors (Lipinski definition) is 1. The van der Waals surface area contributed by atoms with Gasteiger partial charge in [0.25, 0.3) is 0 Å². The quantitative estimate of drug-likeness (QED) is 0.712. The fourth-order valence-corrected chi connectivity index (χ4v) is 1.11. The lowest BCUT2D eigenvalue weighted by molar-refractivity contribution is -0.118. The van der Waals surface area contributed by atoms with Crippen molar-refractivity contribution in [3.8, 4) is 0 Å². The van der Waals surface area contributed by atoms with Crippen molar-refractivity contribution >= 4 is 5.78 Å². The zero-order valence-electron chi connectivity index (χ0n) is 10.3. The summed E-state index contributed by atoms with van der Waals surface area (Å²) in [4.78, 5) is 11.4. The second-order valence-electron chi connectivity index (χ2n) is 5.64. The summed E-state index contributed by atoms with van der Waals surface area (Å²) in [6.45, 7) is 12.2. The highest BCUT2D eigenvalue weighted by Crippen LogP contribution is 2.10. The molecule has 0 saturated carbocycles. The second kappa shape index (κ2) is 6.18. The van der Waals surface area contributed by atoms with Crippen LogP contribution in [-0.2, 0) is 4.79 Å². The van der Waals surface area contributed by atoms with E-state index in [2.05, 4.69) is 39.9 Å². The average Bonchev–Trinajstić information content (AvgIpc) is 1.98. The van der Waals surface area contributed by atoms with Crippen LogP contribution in [-0.4, -0.2) is 18.9 Å². The molecule has 0 aromatic rings. The Hall–Kier alpha value is -0.370. The van der Waals surface area contributed by atoms with E-state index in [-0.39, 0.29) is 5.41 Å². The van der Waals surface area contributed by atoms with E-state index in [0.717, 1.165) is 19.4 Å². The summed E-state index contributed by atoms with van der Waals surface area (Å²) in [5.74, 6) is 0.963. The van der Waals surface area contributed by atoms with Crippen LogP contribution in [0.3, 0.4) is 0 Å². The monoisotopic (exact) mass is 199 g/mol. The summed E-state index contributed by atoms with van der Waals surface area (Å²) >= 11 is 0. The van der Waals surface area contributed by atoms with Crippen LogP contribution in [0.25, 0.3) is 0 Å². The largest absolute Gasteiger partial charge is 0.309 e. The van der Waals surface area contributed by atoms with Gasteiger partial charge in [-0.15, -0.1) is 0 Å². The highest BCUT2D eigenvalue weighted by Gasteiger charge is 2.10. The third-order valence-electron chi connectivity index (χ3n) is 1.98. The van der Waals surface area contributed by atoms with Crippen molar-refractivity contribution in [2.75, 3.05) is 13.1 Å². The Morgan fingerprint density at radius 1 is 1.29 bits per heavy atom. The van der Waals surface area contributed by atoms with Gasteiger partial charge < -0.3 is 5.32 Å². The molecule has 0 amide bonds. The normalized spacial score (nSPS) is 12.1. The maximum absolute atomic E-state index is 11.4. The number of ketones is 1. The summed E-state index contributed by atoms with van der Waals surface area (Å²) in [7, 11) is 0. The van der Waals surface area contributed by atoms with E-state index >= 15 is 0 Å². The molecule has 0 rings (SSSR count). The second-order valence-corrected chi connectivity index (χ2v) is 5.64. The van der Waals surface area contributed by atoms with Crippen LogP contribution in [0.4, 0.5) is 0 Å². The van der Waals surface area contributed by atoms with Crippen LogP contribution in [0.2, 0.25) is 0 Å². The minimum absolute atomic E-state index is 0.262. The maximum Gasteiger partial charge on any atom is 0.146 e. The molecular weight excluding hydrogens is 174 g/mol. The van der Waals surface area contributed by atoms with Gasteiger partial charge in [-0.25, -0.2) is 0 Å². The van der Waals surface area contributed by atoms with Gasteiger partial charge in [0.15, 0.2) is 0 Å². The van der Waals surface area contributed by atoms with Crippen molar-refractivity contribution in [1.29, 1.82) is 0 Å². The molecule has 0 aliphatic carbocycles. The lowest BCUT2D eigenvalue weighted by Gasteiger charge is -2.18. The van der Waals surface area contributed by atoms with Gasteiger partial charge in [-0.1, -0.05) is 34.6 Å². The van der Waals surface area contributed by atoms with Crippen molar-refractivity contribution in [3.63, 3.8) is 0 Å². The molecule has 0 spiro atoms. The lowest BCUT2D eigenvalue weighted by Crippen LogP contribution is -2.31. The zero-order valence-corrected chi connectivity index (χ0v) is 10.3. The molecular formula is C12H25NO.